The number of nitrogens with one attached hydrogen (secondary N) is 1. The molecule has 2 aromatic carbocycles. The van der Waals surface area contributed by atoms with Crippen LogP contribution in [0.15, 0.2) is 54.7 Å². The molecule has 27 heavy (non-hydrogen) atoms. The van der Waals surface area contributed by atoms with E-state index in [1.54, 1.807) is 30.5 Å². The molecule has 4 nitrogen and oxygen atoms in total. The molecule has 0 aliphatic rings. The number of amides is 1. The van der Waals surface area contributed by atoms with Gasteiger partial charge < -0.3 is 5.32 Å². The molecule has 1 amide bonds. The Bertz CT molecular complexity index is 933. The van der Waals surface area contributed by atoms with E-state index in [2.05, 4.69) is 10.4 Å². The van der Waals surface area contributed by atoms with Gasteiger partial charge in [0.05, 0.1) is 16.9 Å². The molecule has 0 atom stereocenters. The highest BCUT2D eigenvalue weighted by Crippen LogP contribution is 2.17. The Morgan fingerprint density at radius 2 is 1.85 bits per heavy atom. The molecule has 0 aliphatic carbocycles. The molecule has 0 fully saturated rings. The molecule has 0 saturated heterocycles. The van der Waals surface area contributed by atoms with Gasteiger partial charge in [-0.3, -0.25) is 4.79 Å². The van der Waals surface area contributed by atoms with Crippen molar-refractivity contribution in [1.82, 2.24) is 15.1 Å². The van der Waals surface area contributed by atoms with E-state index in [1.807, 2.05) is 13.8 Å². The van der Waals surface area contributed by atoms with Gasteiger partial charge in [0.1, 0.15) is 11.6 Å². The van der Waals surface area contributed by atoms with E-state index in [1.165, 1.54) is 28.9 Å². The highest BCUT2D eigenvalue weighted by molar-refractivity contribution is 5.95. The van der Waals surface area contributed by atoms with Crippen LogP contribution >= 0.6 is 0 Å². The van der Waals surface area contributed by atoms with E-state index < -0.39 is 0 Å². The standard InChI is InChI=1S/C21H21F2N3O/c1-14(2)10-20-19(13-26(25-20)18-5-3-4-17(23)11-18)21(27)24-12-15-6-8-16(22)9-7-15/h3-9,11,13-14H,10,12H2,1-2H3,(H,24,27). The van der Waals surface area contributed by atoms with Crippen molar-refractivity contribution in [2.24, 2.45) is 5.92 Å². The lowest BCUT2D eigenvalue weighted by atomic mass is 10.0. The third kappa shape index (κ3) is 4.78. The molecular weight excluding hydrogens is 348 g/mol. The van der Waals surface area contributed by atoms with Crippen molar-refractivity contribution < 1.29 is 13.6 Å². The minimum Gasteiger partial charge on any atom is -0.348 e. The number of aromatic nitrogens is 2. The van der Waals surface area contributed by atoms with Crippen LogP contribution < -0.4 is 5.32 Å². The Kier molecular flexibility index (Phi) is 5.64. The number of rotatable bonds is 6. The van der Waals surface area contributed by atoms with Crippen molar-refractivity contribution in [1.29, 1.82) is 0 Å². The lowest BCUT2D eigenvalue weighted by Gasteiger charge is -2.07. The second kappa shape index (κ2) is 8.12. The molecule has 0 spiro atoms. The second-order valence-corrected chi connectivity index (χ2v) is 6.82. The van der Waals surface area contributed by atoms with E-state index in [0.717, 1.165) is 5.56 Å². The van der Waals surface area contributed by atoms with Crippen LogP contribution in [-0.2, 0) is 13.0 Å². The first-order valence-corrected chi connectivity index (χ1v) is 8.79. The van der Waals surface area contributed by atoms with Crippen molar-refractivity contribution in [3.63, 3.8) is 0 Å². The van der Waals surface area contributed by atoms with Gasteiger partial charge in [-0.15, -0.1) is 0 Å². The van der Waals surface area contributed by atoms with Gasteiger partial charge in [-0.05, 0) is 48.2 Å². The molecule has 0 saturated carbocycles. The average molecular weight is 369 g/mol. The van der Waals surface area contributed by atoms with E-state index in [9.17, 15) is 13.6 Å². The first-order chi connectivity index (χ1) is 12.9. The molecule has 0 bridgehead atoms. The number of benzene rings is 2. The quantitative estimate of drug-likeness (QED) is 0.705. The minimum atomic E-state index is -0.365. The maximum Gasteiger partial charge on any atom is 0.255 e. The third-order valence-corrected chi connectivity index (χ3v) is 4.08. The highest BCUT2D eigenvalue weighted by atomic mass is 19.1. The summed E-state index contributed by atoms with van der Waals surface area (Å²) in [5.74, 6) is -0.640. The first kappa shape index (κ1) is 18.8. The number of carbonyl (C=O) groups is 1. The Morgan fingerprint density at radius 1 is 1.11 bits per heavy atom. The molecule has 1 N–H and O–H groups in total. The predicted octanol–water partition coefficient (Wildman–Crippen LogP) is 4.28. The summed E-state index contributed by atoms with van der Waals surface area (Å²) >= 11 is 0. The van der Waals surface area contributed by atoms with Crippen LogP contribution in [0.3, 0.4) is 0 Å². The van der Waals surface area contributed by atoms with Crippen LogP contribution in [0.25, 0.3) is 5.69 Å². The van der Waals surface area contributed by atoms with Gasteiger partial charge in [0, 0.05) is 12.7 Å². The normalized spacial score (nSPS) is 11.0. The summed E-state index contributed by atoms with van der Waals surface area (Å²) in [6, 6.07) is 12.0. The zero-order valence-corrected chi connectivity index (χ0v) is 15.2. The summed E-state index contributed by atoms with van der Waals surface area (Å²) in [5, 5.41) is 7.32. The summed E-state index contributed by atoms with van der Waals surface area (Å²) in [7, 11) is 0. The van der Waals surface area contributed by atoms with Gasteiger partial charge in [-0.25, -0.2) is 13.5 Å². The molecule has 1 heterocycles. The monoisotopic (exact) mass is 369 g/mol. The van der Waals surface area contributed by atoms with Crippen molar-refractivity contribution in [3.05, 3.63) is 83.2 Å². The lowest BCUT2D eigenvalue weighted by molar-refractivity contribution is 0.0950. The maximum absolute atomic E-state index is 13.5. The zero-order valence-electron chi connectivity index (χ0n) is 15.2. The summed E-state index contributed by atoms with van der Waals surface area (Å²) in [4.78, 5) is 12.7. The predicted molar refractivity (Wildman–Crippen MR) is 99.6 cm³/mol. The zero-order chi connectivity index (χ0) is 19.4. The largest absolute Gasteiger partial charge is 0.348 e. The lowest BCUT2D eigenvalue weighted by Crippen LogP contribution is -2.23. The van der Waals surface area contributed by atoms with Crippen LogP contribution in [0.2, 0.25) is 0 Å². The van der Waals surface area contributed by atoms with Crippen LogP contribution in [-0.4, -0.2) is 15.7 Å². The summed E-state index contributed by atoms with van der Waals surface area (Å²) < 4.78 is 28.0. The van der Waals surface area contributed by atoms with E-state index >= 15 is 0 Å². The van der Waals surface area contributed by atoms with Crippen LogP contribution in [0, 0.1) is 17.6 Å². The van der Waals surface area contributed by atoms with Crippen molar-refractivity contribution in [2.45, 2.75) is 26.8 Å². The summed E-state index contributed by atoms with van der Waals surface area (Å²) in [6.07, 6.45) is 2.24. The Morgan fingerprint density at radius 3 is 2.52 bits per heavy atom. The van der Waals surface area contributed by atoms with E-state index in [0.29, 0.717) is 29.3 Å². The number of hydrogen-bond donors (Lipinski definition) is 1. The SMILES string of the molecule is CC(C)Cc1nn(-c2cccc(F)c2)cc1C(=O)NCc1ccc(F)cc1. The van der Waals surface area contributed by atoms with Crippen molar-refractivity contribution >= 4 is 5.91 Å². The van der Waals surface area contributed by atoms with Crippen molar-refractivity contribution in [3.8, 4) is 5.69 Å². The summed E-state index contributed by atoms with van der Waals surface area (Å²) in [6.45, 7) is 4.37. The summed E-state index contributed by atoms with van der Waals surface area (Å²) in [5.41, 5.74) is 2.46. The highest BCUT2D eigenvalue weighted by Gasteiger charge is 2.18. The van der Waals surface area contributed by atoms with Gasteiger partial charge in [-0.2, -0.15) is 5.10 Å². The third-order valence-electron chi connectivity index (χ3n) is 4.08. The number of carbonyl (C=O) groups excluding carboxylic acids is 1. The van der Waals surface area contributed by atoms with Gasteiger partial charge in [0.25, 0.3) is 5.91 Å². The van der Waals surface area contributed by atoms with Gasteiger partial charge in [-0.1, -0.05) is 32.0 Å². The molecule has 0 unspecified atom stereocenters. The Balaban J connectivity index is 1.83. The molecule has 3 aromatic rings. The smallest absolute Gasteiger partial charge is 0.255 e. The molecule has 0 radical (unpaired) electrons. The average Bonchev–Trinajstić information content (AvgIpc) is 3.04. The molecule has 1 aromatic heterocycles. The molecule has 0 aliphatic heterocycles. The first-order valence-electron chi connectivity index (χ1n) is 8.79. The minimum absolute atomic E-state index is 0.266. The Labute approximate surface area is 156 Å². The molecule has 140 valence electrons. The Hall–Kier alpha value is -3.02. The maximum atomic E-state index is 13.5. The van der Waals surface area contributed by atoms with Crippen LogP contribution in [0.4, 0.5) is 8.78 Å². The van der Waals surface area contributed by atoms with Gasteiger partial charge in [0.2, 0.25) is 0 Å². The fourth-order valence-electron chi connectivity index (χ4n) is 2.77. The number of halogens is 2. The van der Waals surface area contributed by atoms with Crippen LogP contribution in [0.5, 0.6) is 0 Å². The van der Waals surface area contributed by atoms with Gasteiger partial charge in [0.15, 0.2) is 0 Å². The van der Waals surface area contributed by atoms with Crippen molar-refractivity contribution in [2.75, 3.05) is 0 Å². The molecule has 3 rings (SSSR count). The number of hydrogen-bond acceptors (Lipinski definition) is 2. The molecular formula is C21H21F2N3O. The molecule has 6 heteroatoms. The topological polar surface area (TPSA) is 46.9 Å². The van der Waals surface area contributed by atoms with Crippen LogP contribution in [0.1, 0.15) is 35.5 Å². The number of nitrogens with zero attached hydrogens (tertiary/aromatic N) is 2. The van der Waals surface area contributed by atoms with E-state index in [-0.39, 0.29) is 24.1 Å². The second-order valence-electron chi connectivity index (χ2n) is 6.82. The fourth-order valence-corrected chi connectivity index (χ4v) is 2.77. The van der Waals surface area contributed by atoms with Gasteiger partial charge >= 0.3 is 0 Å². The fraction of sp³-hybridized carbons (Fsp3) is 0.238. The van der Waals surface area contributed by atoms with E-state index in [4.69, 9.17) is 0 Å².